The Morgan fingerprint density at radius 3 is 2.34 bits per heavy atom. The van der Waals surface area contributed by atoms with Gasteiger partial charge in [0.2, 0.25) is 5.91 Å². The van der Waals surface area contributed by atoms with Gasteiger partial charge in [-0.05, 0) is 45.0 Å². The molecule has 158 valence electrons. The third-order valence-electron chi connectivity index (χ3n) is 5.29. The van der Waals surface area contributed by atoms with Crippen molar-refractivity contribution in [2.45, 2.75) is 27.3 Å². The molecule has 1 aromatic carbocycles. The summed E-state index contributed by atoms with van der Waals surface area (Å²) in [6.07, 6.45) is 0. The number of aromatic nitrogens is 1. The predicted molar refractivity (Wildman–Crippen MR) is 118 cm³/mol. The van der Waals surface area contributed by atoms with E-state index >= 15 is 0 Å². The van der Waals surface area contributed by atoms with Crippen LogP contribution in [-0.2, 0) is 11.3 Å². The zero-order valence-corrected chi connectivity index (χ0v) is 18.6. The molecule has 1 aliphatic heterocycles. The first-order valence-electron chi connectivity index (χ1n) is 10.5. The minimum atomic E-state index is 0.239. The van der Waals surface area contributed by atoms with Crippen molar-refractivity contribution >= 4 is 17.2 Å². The van der Waals surface area contributed by atoms with Crippen molar-refractivity contribution in [3.05, 3.63) is 35.3 Å². The highest BCUT2D eigenvalue weighted by molar-refractivity contribution is 7.13. The number of thiazole rings is 1. The maximum absolute atomic E-state index is 12.3. The second-order valence-electron chi connectivity index (χ2n) is 7.22. The maximum atomic E-state index is 12.3. The monoisotopic (exact) mass is 416 g/mol. The molecule has 0 N–H and O–H groups in total. The number of hydrogen-bond acceptors (Lipinski definition) is 6. The van der Waals surface area contributed by atoms with Gasteiger partial charge in [0.25, 0.3) is 0 Å². The number of benzene rings is 1. The lowest BCUT2D eigenvalue weighted by Crippen LogP contribution is -2.49. The third-order valence-corrected chi connectivity index (χ3v) is 6.23. The maximum Gasteiger partial charge on any atom is 0.236 e. The molecule has 1 aliphatic rings. The van der Waals surface area contributed by atoms with Crippen molar-refractivity contribution in [1.29, 1.82) is 0 Å². The van der Waals surface area contributed by atoms with Crippen LogP contribution in [0.1, 0.15) is 26.5 Å². The summed E-state index contributed by atoms with van der Waals surface area (Å²) in [7, 11) is 0. The quantitative estimate of drug-likeness (QED) is 0.628. The molecule has 1 amide bonds. The van der Waals surface area contributed by atoms with Gasteiger partial charge in [-0.1, -0.05) is 0 Å². The molecule has 3 rings (SSSR count). The molecule has 2 aromatic rings. The molecule has 6 nitrogen and oxygen atoms in total. The fourth-order valence-electron chi connectivity index (χ4n) is 3.57. The zero-order chi connectivity index (χ0) is 20.6. The number of likely N-dealkylation sites (N-methyl/N-ethyl adjacent to an activating group) is 1. The van der Waals surface area contributed by atoms with E-state index in [1.165, 1.54) is 0 Å². The third kappa shape index (κ3) is 6.01. The first-order valence-corrected chi connectivity index (χ1v) is 11.4. The molecule has 0 radical (unpaired) electrons. The average molecular weight is 417 g/mol. The Kier molecular flexibility index (Phi) is 8.03. The van der Waals surface area contributed by atoms with Crippen LogP contribution >= 0.6 is 11.3 Å². The molecule has 0 saturated carbocycles. The largest absolute Gasteiger partial charge is 0.494 e. The summed E-state index contributed by atoms with van der Waals surface area (Å²) >= 11 is 1.69. The number of hydrogen-bond donors (Lipinski definition) is 0. The Morgan fingerprint density at radius 2 is 1.72 bits per heavy atom. The molecule has 0 aliphatic carbocycles. The van der Waals surface area contributed by atoms with E-state index in [-0.39, 0.29) is 5.91 Å². The van der Waals surface area contributed by atoms with E-state index in [0.717, 1.165) is 67.8 Å². The van der Waals surface area contributed by atoms with Crippen molar-refractivity contribution in [3.63, 3.8) is 0 Å². The van der Waals surface area contributed by atoms with Crippen LogP contribution in [0.25, 0.3) is 10.6 Å². The lowest BCUT2D eigenvalue weighted by atomic mass is 10.2. The van der Waals surface area contributed by atoms with Gasteiger partial charge in [0.15, 0.2) is 0 Å². The Labute approximate surface area is 178 Å². The SMILES string of the molecule is CCOc1ccc(-c2nc(CN3CCN(CC(=O)N(CC)CC)CC3)cs2)cc1. The van der Waals surface area contributed by atoms with Crippen LogP contribution in [0.4, 0.5) is 0 Å². The first-order chi connectivity index (χ1) is 14.1. The average Bonchev–Trinajstić information content (AvgIpc) is 3.20. The molecule has 7 heteroatoms. The molecule has 29 heavy (non-hydrogen) atoms. The van der Waals surface area contributed by atoms with Crippen molar-refractivity contribution in [1.82, 2.24) is 19.7 Å². The Balaban J connectivity index is 1.48. The molecule has 2 heterocycles. The highest BCUT2D eigenvalue weighted by atomic mass is 32.1. The molecule has 0 atom stereocenters. The van der Waals surface area contributed by atoms with Gasteiger partial charge in [-0.15, -0.1) is 11.3 Å². The zero-order valence-electron chi connectivity index (χ0n) is 17.8. The van der Waals surface area contributed by atoms with Gasteiger partial charge >= 0.3 is 0 Å². The first kappa shape index (κ1) is 21.7. The number of carbonyl (C=O) groups is 1. The fraction of sp³-hybridized carbons (Fsp3) is 0.545. The van der Waals surface area contributed by atoms with Crippen molar-refractivity contribution < 1.29 is 9.53 Å². The normalized spacial score (nSPS) is 15.4. The molecular formula is C22H32N4O2S. The summed E-state index contributed by atoms with van der Waals surface area (Å²) in [6, 6.07) is 8.13. The summed E-state index contributed by atoms with van der Waals surface area (Å²) < 4.78 is 5.51. The van der Waals surface area contributed by atoms with Gasteiger partial charge in [-0.3, -0.25) is 14.6 Å². The number of amides is 1. The number of rotatable bonds is 9. The molecule has 0 unspecified atom stereocenters. The van der Waals surface area contributed by atoms with E-state index in [1.54, 1.807) is 11.3 Å². The predicted octanol–water partition coefficient (Wildman–Crippen LogP) is 3.19. The van der Waals surface area contributed by atoms with Crippen LogP contribution in [0.15, 0.2) is 29.6 Å². The van der Waals surface area contributed by atoms with Crippen LogP contribution < -0.4 is 4.74 Å². The number of ether oxygens (including phenoxy) is 1. The molecule has 0 spiro atoms. The standard InChI is InChI=1S/C22H32N4O2S/c1-4-26(5-2)21(27)16-25-13-11-24(12-14-25)15-19-17-29-22(23-19)18-7-9-20(10-8-18)28-6-3/h7-10,17H,4-6,11-16H2,1-3H3. The van der Waals surface area contributed by atoms with E-state index in [4.69, 9.17) is 9.72 Å². The van der Waals surface area contributed by atoms with Crippen molar-refractivity contribution in [2.24, 2.45) is 0 Å². The van der Waals surface area contributed by atoms with Crippen LogP contribution in [0.5, 0.6) is 5.75 Å². The fourth-order valence-corrected chi connectivity index (χ4v) is 4.39. The van der Waals surface area contributed by atoms with Gasteiger partial charge in [0.05, 0.1) is 18.8 Å². The summed E-state index contributed by atoms with van der Waals surface area (Å²) in [5, 5.41) is 3.20. The second-order valence-corrected chi connectivity index (χ2v) is 8.08. The highest BCUT2D eigenvalue weighted by Crippen LogP contribution is 2.26. The summed E-state index contributed by atoms with van der Waals surface area (Å²) in [4.78, 5) is 23.7. The lowest BCUT2D eigenvalue weighted by molar-refractivity contribution is -0.132. The van der Waals surface area contributed by atoms with Gasteiger partial charge in [-0.25, -0.2) is 4.98 Å². The molecule has 1 saturated heterocycles. The Bertz CT molecular complexity index is 765. The molecular weight excluding hydrogens is 384 g/mol. The topological polar surface area (TPSA) is 48.9 Å². The lowest BCUT2D eigenvalue weighted by Gasteiger charge is -2.34. The van der Waals surface area contributed by atoms with Gasteiger partial charge < -0.3 is 9.64 Å². The van der Waals surface area contributed by atoms with Crippen molar-refractivity contribution in [2.75, 3.05) is 52.4 Å². The Hall–Kier alpha value is -1.96. The number of piperazine rings is 1. The van der Waals surface area contributed by atoms with E-state index in [1.807, 2.05) is 37.8 Å². The van der Waals surface area contributed by atoms with E-state index in [2.05, 4.69) is 27.3 Å². The van der Waals surface area contributed by atoms with E-state index < -0.39 is 0 Å². The smallest absolute Gasteiger partial charge is 0.236 e. The number of nitrogens with zero attached hydrogens (tertiary/aromatic N) is 4. The summed E-state index contributed by atoms with van der Waals surface area (Å²) in [5.41, 5.74) is 2.25. The van der Waals surface area contributed by atoms with Gasteiger partial charge in [0.1, 0.15) is 10.8 Å². The molecule has 1 fully saturated rings. The summed E-state index contributed by atoms with van der Waals surface area (Å²) in [5.74, 6) is 1.13. The number of carbonyl (C=O) groups excluding carboxylic acids is 1. The van der Waals surface area contributed by atoms with Crippen LogP contribution in [-0.4, -0.2) is 78.0 Å². The van der Waals surface area contributed by atoms with E-state index in [0.29, 0.717) is 13.2 Å². The van der Waals surface area contributed by atoms with Crippen LogP contribution in [0, 0.1) is 0 Å². The summed E-state index contributed by atoms with van der Waals surface area (Å²) in [6.45, 7) is 13.5. The van der Waals surface area contributed by atoms with E-state index in [9.17, 15) is 4.79 Å². The molecule has 0 bridgehead atoms. The molecule has 1 aromatic heterocycles. The minimum Gasteiger partial charge on any atom is -0.494 e. The highest BCUT2D eigenvalue weighted by Gasteiger charge is 2.21. The van der Waals surface area contributed by atoms with Gasteiger partial charge in [-0.2, -0.15) is 0 Å². The van der Waals surface area contributed by atoms with Gasteiger partial charge in [0, 0.05) is 56.8 Å². The Morgan fingerprint density at radius 1 is 1.07 bits per heavy atom. The van der Waals surface area contributed by atoms with Crippen molar-refractivity contribution in [3.8, 4) is 16.3 Å². The second kappa shape index (κ2) is 10.7. The van der Waals surface area contributed by atoms with Crippen LogP contribution in [0.2, 0.25) is 0 Å². The minimum absolute atomic E-state index is 0.239. The van der Waals surface area contributed by atoms with Crippen LogP contribution in [0.3, 0.4) is 0 Å².